The Balaban J connectivity index is 1.62. The first-order chi connectivity index (χ1) is 19.0. The van der Waals surface area contributed by atoms with Crippen molar-refractivity contribution in [1.29, 1.82) is 0 Å². The number of nitrogens with one attached hydrogen (secondary N) is 2. The van der Waals surface area contributed by atoms with Gasteiger partial charge in [-0.05, 0) is 67.7 Å². The Morgan fingerprint density at radius 2 is 1.43 bits per heavy atom. The van der Waals surface area contributed by atoms with Crippen molar-refractivity contribution in [1.82, 2.24) is 20.0 Å². The maximum absolute atomic E-state index is 12.9. The molecule has 10 heteroatoms. The van der Waals surface area contributed by atoms with E-state index >= 15 is 0 Å². The average molecular weight is 550 g/mol. The van der Waals surface area contributed by atoms with Gasteiger partial charge < -0.3 is 15.5 Å². The summed E-state index contributed by atoms with van der Waals surface area (Å²) < 4.78 is 40.6. The largest absolute Gasteiger partial charge is 0.416 e. The molecular weight excluding hydrogens is 519 g/mol. The summed E-state index contributed by atoms with van der Waals surface area (Å²) in [5, 5.41) is 10.2. The van der Waals surface area contributed by atoms with E-state index in [1.54, 1.807) is 28.8 Å². The number of benzene rings is 3. The fourth-order valence-corrected chi connectivity index (χ4v) is 4.18. The molecule has 2 amide bonds. The summed E-state index contributed by atoms with van der Waals surface area (Å²) in [5.41, 5.74) is 4.54. The van der Waals surface area contributed by atoms with Gasteiger partial charge in [-0.2, -0.15) is 18.3 Å². The Morgan fingerprint density at radius 1 is 0.850 bits per heavy atom. The summed E-state index contributed by atoms with van der Waals surface area (Å²) in [6.45, 7) is 0.266. The molecule has 0 spiro atoms. The van der Waals surface area contributed by atoms with Gasteiger partial charge in [0.1, 0.15) is 0 Å². The standard InChI is InChI=1S/C30H30F3N5O2/c1-34-28(39)17-14-25-18-27(38(36-25)26-15-12-24(13-16-26)35-29(40)19-37(2)3)22-6-4-20(5-7-22)21-8-10-23(11-9-21)30(31,32)33/h4-13,15-16,18H,14,17,19H2,1-3H3,(H,34,39)(H,35,40). The molecule has 0 radical (unpaired) electrons. The van der Waals surface area contributed by atoms with Gasteiger partial charge in [-0.1, -0.05) is 36.4 Å². The lowest BCUT2D eigenvalue weighted by molar-refractivity contribution is -0.137. The van der Waals surface area contributed by atoms with E-state index in [0.717, 1.165) is 40.3 Å². The zero-order valence-electron chi connectivity index (χ0n) is 22.4. The molecule has 2 N–H and O–H groups in total. The van der Waals surface area contributed by atoms with Gasteiger partial charge in [-0.15, -0.1) is 0 Å². The monoisotopic (exact) mass is 549 g/mol. The molecule has 3 aromatic carbocycles. The van der Waals surface area contributed by atoms with Crippen molar-refractivity contribution in [2.75, 3.05) is 33.0 Å². The van der Waals surface area contributed by atoms with E-state index in [9.17, 15) is 22.8 Å². The zero-order chi connectivity index (χ0) is 28.9. The Kier molecular flexibility index (Phi) is 8.69. The van der Waals surface area contributed by atoms with Crippen LogP contribution in [-0.4, -0.2) is 54.2 Å². The van der Waals surface area contributed by atoms with Crippen LogP contribution in [0.4, 0.5) is 18.9 Å². The maximum Gasteiger partial charge on any atom is 0.416 e. The molecule has 0 aliphatic heterocycles. The summed E-state index contributed by atoms with van der Waals surface area (Å²) >= 11 is 0. The van der Waals surface area contributed by atoms with Crippen molar-refractivity contribution in [3.8, 4) is 28.1 Å². The fraction of sp³-hybridized carbons (Fsp3) is 0.233. The number of carbonyl (C=O) groups is 2. The molecule has 1 aromatic heterocycles. The molecule has 0 bridgehead atoms. The quantitative estimate of drug-likeness (QED) is 0.293. The van der Waals surface area contributed by atoms with E-state index in [1.165, 1.54) is 12.1 Å². The summed E-state index contributed by atoms with van der Waals surface area (Å²) in [7, 11) is 5.23. The second-order valence-electron chi connectivity index (χ2n) is 9.59. The molecule has 4 aromatic rings. The molecule has 0 atom stereocenters. The Hall–Kier alpha value is -4.44. The molecule has 208 valence electrons. The first kappa shape index (κ1) is 28.6. The molecule has 0 aliphatic rings. The smallest absolute Gasteiger partial charge is 0.359 e. The highest BCUT2D eigenvalue weighted by Crippen LogP contribution is 2.32. The molecular formula is C30H30F3N5O2. The molecule has 7 nitrogen and oxygen atoms in total. The predicted molar refractivity (Wildman–Crippen MR) is 149 cm³/mol. The van der Waals surface area contributed by atoms with Gasteiger partial charge in [0.2, 0.25) is 11.8 Å². The third-order valence-electron chi connectivity index (χ3n) is 6.23. The van der Waals surface area contributed by atoms with E-state index in [2.05, 4.69) is 10.6 Å². The summed E-state index contributed by atoms with van der Waals surface area (Å²) in [5.74, 6) is -0.211. The molecule has 0 aliphatic carbocycles. The Bertz CT molecular complexity index is 1460. The topological polar surface area (TPSA) is 79.3 Å². The normalized spacial score (nSPS) is 11.5. The number of anilines is 1. The number of likely N-dealkylation sites (N-methyl/N-ethyl adjacent to an activating group) is 1. The highest BCUT2D eigenvalue weighted by Gasteiger charge is 2.30. The van der Waals surface area contributed by atoms with Crippen molar-refractivity contribution < 1.29 is 22.8 Å². The predicted octanol–water partition coefficient (Wildman–Crippen LogP) is 5.40. The van der Waals surface area contributed by atoms with Crippen LogP contribution in [0.25, 0.3) is 28.1 Å². The number of nitrogens with zero attached hydrogens (tertiary/aromatic N) is 3. The van der Waals surface area contributed by atoms with E-state index < -0.39 is 11.7 Å². The van der Waals surface area contributed by atoms with Crippen LogP contribution in [0.1, 0.15) is 17.7 Å². The van der Waals surface area contributed by atoms with Crippen molar-refractivity contribution in [3.63, 3.8) is 0 Å². The molecule has 0 saturated carbocycles. The lowest BCUT2D eigenvalue weighted by Gasteiger charge is -2.12. The molecule has 0 unspecified atom stereocenters. The Labute approximate surface area is 230 Å². The van der Waals surface area contributed by atoms with Crippen LogP contribution in [0.2, 0.25) is 0 Å². The number of aryl methyl sites for hydroxylation is 1. The van der Waals surface area contributed by atoms with Crippen LogP contribution >= 0.6 is 0 Å². The van der Waals surface area contributed by atoms with Gasteiger partial charge in [0.15, 0.2) is 0 Å². The first-order valence-electron chi connectivity index (χ1n) is 12.7. The van der Waals surface area contributed by atoms with Gasteiger partial charge >= 0.3 is 6.18 Å². The number of hydrogen-bond donors (Lipinski definition) is 2. The summed E-state index contributed by atoms with van der Waals surface area (Å²) in [4.78, 5) is 25.7. The number of halogens is 3. The summed E-state index contributed by atoms with van der Waals surface area (Å²) in [6, 6.07) is 21.7. The van der Waals surface area contributed by atoms with Gasteiger partial charge in [0.25, 0.3) is 0 Å². The second-order valence-corrected chi connectivity index (χ2v) is 9.59. The third kappa shape index (κ3) is 7.15. The lowest BCUT2D eigenvalue weighted by atomic mass is 10.0. The number of alkyl halides is 3. The highest BCUT2D eigenvalue weighted by atomic mass is 19.4. The van der Waals surface area contributed by atoms with Crippen LogP contribution in [0.5, 0.6) is 0 Å². The van der Waals surface area contributed by atoms with Crippen molar-refractivity contribution >= 4 is 17.5 Å². The minimum absolute atomic E-state index is 0.0881. The van der Waals surface area contributed by atoms with Crippen molar-refractivity contribution in [2.24, 2.45) is 0 Å². The van der Waals surface area contributed by atoms with Crippen LogP contribution in [0.3, 0.4) is 0 Å². The van der Waals surface area contributed by atoms with Crippen LogP contribution in [0, 0.1) is 0 Å². The highest BCUT2D eigenvalue weighted by molar-refractivity contribution is 5.92. The summed E-state index contributed by atoms with van der Waals surface area (Å²) in [6.07, 6.45) is -3.65. The van der Waals surface area contributed by atoms with E-state index in [1.807, 2.05) is 56.6 Å². The van der Waals surface area contributed by atoms with Gasteiger partial charge in [0, 0.05) is 31.1 Å². The SMILES string of the molecule is CNC(=O)CCc1cc(-c2ccc(-c3ccc(C(F)(F)F)cc3)cc2)n(-c2ccc(NC(=O)CN(C)C)cc2)n1. The molecule has 1 heterocycles. The van der Waals surface area contributed by atoms with Crippen LogP contribution in [0.15, 0.2) is 78.9 Å². The average Bonchev–Trinajstić information content (AvgIpc) is 3.35. The molecule has 0 saturated heterocycles. The van der Waals surface area contributed by atoms with Crippen molar-refractivity contribution in [2.45, 2.75) is 19.0 Å². The van der Waals surface area contributed by atoms with E-state index in [0.29, 0.717) is 17.7 Å². The van der Waals surface area contributed by atoms with E-state index in [-0.39, 0.29) is 24.8 Å². The molecule has 4 rings (SSSR count). The number of amides is 2. The van der Waals surface area contributed by atoms with Gasteiger partial charge in [0.05, 0.1) is 29.2 Å². The first-order valence-corrected chi connectivity index (χ1v) is 12.7. The number of carbonyl (C=O) groups excluding carboxylic acids is 2. The van der Waals surface area contributed by atoms with Crippen LogP contribution < -0.4 is 10.6 Å². The zero-order valence-corrected chi connectivity index (χ0v) is 22.4. The van der Waals surface area contributed by atoms with Gasteiger partial charge in [-0.25, -0.2) is 4.68 Å². The molecule has 40 heavy (non-hydrogen) atoms. The van der Waals surface area contributed by atoms with Gasteiger partial charge in [-0.3, -0.25) is 9.59 Å². The minimum Gasteiger partial charge on any atom is -0.359 e. The molecule has 0 fully saturated rings. The van der Waals surface area contributed by atoms with Crippen molar-refractivity contribution in [3.05, 3.63) is 90.1 Å². The Morgan fingerprint density at radius 3 is 1.98 bits per heavy atom. The lowest BCUT2D eigenvalue weighted by Crippen LogP contribution is -2.27. The number of hydrogen-bond acceptors (Lipinski definition) is 4. The second kappa shape index (κ2) is 12.2. The number of aromatic nitrogens is 2. The van der Waals surface area contributed by atoms with E-state index in [4.69, 9.17) is 5.10 Å². The maximum atomic E-state index is 12.9. The third-order valence-corrected chi connectivity index (χ3v) is 6.23. The minimum atomic E-state index is -4.38. The number of rotatable bonds is 9. The van der Waals surface area contributed by atoms with Crippen LogP contribution in [-0.2, 0) is 22.2 Å². The fourth-order valence-electron chi connectivity index (χ4n) is 4.18.